The summed E-state index contributed by atoms with van der Waals surface area (Å²) < 4.78 is 18.4. The van der Waals surface area contributed by atoms with E-state index < -0.39 is 10.8 Å². The van der Waals surface area contributed by atoms with Gasteiger partial charge in [-0.3, -0.25) is 14.0 Å². The van der Waals surface area contributed by atoms with Crippen LogP contribution in [0.1, 0.15) is 32.9 Å². The van der Waals surface area contributed by atoms with Gasteiger partial charge in [0.15, 0.2) is 6.29 Å². The fraction of sp³-hybridized carbons (Fsp3) is 0.387. The summed E-state index contributed by atoms with van der Waals surface area (Å²) in [6.45, 7) is 13.2. The Morgan fingerprint density at radius 3 is 2.48 bits per heavy atom. The minimum absolute atomic E-state index is 0.0127. The summed E-state index contributed by atoms with van der Waals surface area (Å²) in [6.07, 6.45) is 18.5. The number of carbonyl (C=O) groups is 1. The van der Waals surface area contributed by atoms with Gasteiger partial charge in [-0.15, -0.1) is 0 Å². The lowest BCUT2D eigenvalue weighted by atomic mass is 9.94. The van der Waals surface area contributed by atoms with Crippen LogP contribution in [0.2, 0.25) is 0 Å². The Hall–Kier alpha value is -3.72. The predicted octanol–water partition coefficient (Wildman–Crippen LogP) is 4.35. The molecular formula is C31H41N5O3S. The third-order valence-corrected chi connectivity index (χ3v) is 7.61. The predicted molar refractivity (Wildman–Crippen MR) is 163 cm³/mol. The van der Waals surface area contributed by atoms with E-state index in [4.69, 9.17) is 4.74 Å². The van der Waals surface area contributed by atoms with Gasteiger partial charge in [0.05, 0.1) is 52.6 Å². The number of likely N-dealkylation sites (tertiary alicyclic amines) is 1. The number of nitrogens with zero attached hydrogens (tertiary/aromatic N) is 4. The summed E-state index contributed by atoms with van der Waals surface area (Å²) in [5, 5.41) is 3.54. The lowest BCUT2D eigenvalue weighted by molar-refractivity contribution is -0.104. The molecule has 0 aromatic carbocycles. The van der Waals surface area contributed by atoms with Gasteiger partial charge in [0.2, 0.25) is 5.88 Å². The molecule has 0 radical (unpaired) electrons. The number of carbonyl (C=O) groups excluding carboxylic acids is 1. The van der Waals surface area contributed by atoms with Crippen LogP contribution in [0.5, 0.6) is 5.88 Å². The van der Waals surface area contributed by atoms with Gasteiger partial charge in [-0.25, -0.2) is 4.98 Å². The van der Waals surface area contributed by atoms with Gasteiger partial charge in [-0.2, -0.15) is 0 Å². The number of ether oxygens (including phenoxy) is 1. The highest BCUT2D eigenvalue weighted by Crippen LogP contribution is 2.27. The second-order valence-corrected chi connectivity index (χ2v) is 11.7. The van der Waals surface area contributed by atoms with Crippen molar-refractivity contribution in [2.75, 3.05) is 33.4 Å². The zero-order valence-electron chi connectivity index (χ0n) is 24.6. The third-order valence-electron chi connectivity index (χ3n) is 6.64. The molecule has 2 heterocycles. The van der Waals surface area contributed by atoms with Crippen molar-refractivity contribution in [1.82, 2.24) is 25.1 Å². The molecule has 1 unspecified atom stereocenters. The first-order valence-corrected chi connectivity index (χ1v) is 14.9. The van der Waals surface area contributed by atoms with Crippen LogP contribution in [0, 0.1) is 6.92 Å². The summed E-state index contributed by atoms with van der Waals surface area (Å²) in [6, 6.07) is -0.152. The summed E-state index contributed by atoms with van der Waals surface area (Å²) in [4.78, 5) is 25.9. The highest BCUT2D eigenvalue weighted by atomic mass is 32.2. The molecule has 1 aliphatic heterocycles. The highest BCUT2D eigenvalue weighted by molar-refractivity contribution is 7.88. The third kappa shape index (κ3) is 8.14. The fourth-order valence-corrected chi connectivity index (χ4v) is 5.09. The summed E-state index contributed by atoms with van der Waals surface area (Å²) in [5.41, 5.74) is 4.77. The Labute approximate surface area is 241 Å². The average Bonchev–Trinajstić information content (AvgIpc) is 3.12. The zero-order chi connectivity index (χ0) is 29.4. The Bertz CT molecular complexity index is 1310. The molecule has 214 valence electrons. The number of aromatic nitrogens is 2. The number of aryl methyl sites for hydroxylation is 1. The minimum atomic E-state index is -1.15. The Morgan fingerprint density at radius 2 is 1.90 bits per heavy atom. The molecule has 9 heteroatoms. The van der Waals surface area contributed by atoms with E-state index in [1.54, 1.807) is 24.7 Å². The van der Waals surface area contributed by atoms with E-state index in [1.807, 2.05) is 71.0 Å². The van der Waals surface area contributed by atoms with Crippen LogP contribution >= 0.6 is 0 Å². The quantitative estimate of drug-likeness (QED) is 0.228. The van der Waals surface area contributed by atoms with Crippen LogP contribution < -0.4 is 10.1 Å². The maximum Gasteiger partial charge on any atom is 0.232 e. The molecular weight excluding hydrogens is 522 g/mol. The van der Waals surface area contributed by atoms with Crippen molar-refractivity contribution in [3.8, 4) is 5.88 Å². The van der Waals surface area contributed by atoms with E-state index in [1.165, 1.54) is 0 Å². The first kappa shape index (κ1) is 30.8. The normalized spacial score (nSPS) is 18.4. The summed E-state index contributed by atoms with van der Waals surface area (Å²) >= 11 is 0. The van der Waals surface area contributed by atoms with Crippen molar-refractivity contribution in [2.45, 2.75) is 46.3 Å². The SMILES string of the molecule is C=C(C)\C=C(C=O)/C(/C=C(\N(C)C)N1CC(Oc2cnc(C)cn2)C1)=C(\C)[C@@H](C)NC1=C(S(C)=O)C=CCC=C1. The molecule has 0 spiro atoms. The Kier molecular flexibility index (Phi) is 10.8. The topological polar surface area (TPSA) is 87.7 Å². The van der Waals surface area contributed by atoms with Gasteiger partial charge in [-0.1, -0.05) is 24.3 Å². The highest BCUT2D eigenvalue weighted by Gasteiger charge is 2.32. The van der Waals surface area contributed by atoms with E-state index in [9.17, 15) is 9.00 Å². The minimum Gasteiger partial charge on any atom is -0.469 e. The van der Waals surface area contributed by atoms with Gasteiger partial charge >= 0.3 is 0 Å². The van der Waals surface area contributed by atoms with Crippen molar-refractivity contribution in [1.29, 1.82) is 0 Å². The molecule has 1 N–H and O–H groups in total. The van der Waals surface area contributed by atoms with Crippen LogP contribution in [-0.4, -0.2) is 75.8 Å². The van der Waals surface area contributed by atoms with E-state index in [0.717, 1.165) is 51.5 Å². The maximum atomic E-state index is 12.4. The monoisotopic (exact) mass is 563 g/mol. The smallest absolute Gasteiger partial charge is 0.232 e. The maximum absolute atomic E-state index is 12.4. The number of rotatable bonds is 12. The van der Waals surface area contributed by atoms with Crippen molar-refractivity contribution in [3.63, 3.8) is 0 Å². The zero-order valence-corrected chi connectivity index (χ0v) is 25.4. The van der Waals surface area contributed by atoms with Gasteiger partial charge in [0, 0.05) is 32.0 Å². The van der Waals surface area contributed by atoms with Gasteiger partial charge in [0.25, 0.3) is 0 Å². The molecule has 0 bridgehead atoms. The van der Waals surface area contributed by atoms with Crippen molar-refractivity contribution >= 4 is 17.1 Å². The first-order chi connectivity index (χ1) is 19.0. The van der Waals surface area contributed by atoms with Crippen LogP contribution in [0.4, 0.5) is 0 Å². The van der Waals surface area contributed by atoms with Gasteiger partial charge in [0.1, 0.15) is 11.9 Å². The fourth-order valence-electron chi connectivity index (χ4n) is 4.37. The Morgan fingerprint density at radius 1 is 1.20 bits per heavy atom. The van der Waals surface area contributed by atoms with Crippen LogP contribution in [0.3, 0.4) is 0 Å². The van der Waals surface area contributed by atoms with E-state index >= 15 is 0 Å². The second kappa shape index (κ2) is 14.1. The molecule has 1 aliphatic carbocycles. The lowest BCUT2D eigenvalue weighted by Gasteiger charge is -2.43. The van der Waals surface area contributed by atoms with Crippen molar-refractivity contribution in [2.24, 2.45) is 0 Å². The second-order valence-electron chi connectivity index (χ2n) is 10.3. The molecule has 1 aromatic rings. The lowest BCUT2D eigenvalue weighted by Crippen LogP contribution is -2.55. The van der Waals surface area contributed by atoms with Crippen LogP contribution in [0.25, 0.3) is 0 Å². The Balaban J connectivity index is 1.95. The molecule has 1 saturated heterocycles. The summed E-state index contributed by atoms with van der Waals surface area (Å²) in [7, 11) is 2.82. The molecule has 1 aromatic heterocycles. The number of nitrogens with one attached hydrogen (secondary N) is 1. The largest absolute Gasteiger partial charge is 0.469 e. The molecule has 2 aliphatic rings. The standard InChI is InChI=1S/C31H41N5O3S/c1-21(2)14-25(20-37)27(23(4)24(5)34-28-12-10-9-11-13-29(28)40(8)38)15-31(35(6)7)36-18-26(19-36)39-30-17-32-22(3)16-33-30/h10-17,20,24,26,34H,1,9,18-19H2,2-8H3/b25-14-,27-23+,31-15+/t24-,40?/m1/s1. The van der Waals surface area contributed by atoms with E-state index in [0.29, 0.717) is 24.5 Å². The molecule has 2 atom stereocenters. The molecule has 40 heavy (non-hydrogen) atoms. The number of allylic oxidation sites excluding steroid dienone is 9. The number of hydrogen-bond acceptors (Lipinski definition) is 8. The van der Waals surface area contributed by atoms with Crippen molar-refractivity contribution in [3.05, 3.63) is 99.8 Å². The molecule has 3 rings (SSSR count). The van der Waals surface area contributed by atoms with Gasteiger partial charge < -0.3 is 19.9 Å². The molecule has 8 nitrogen and oxygen atoms in total. The molecule has 0 saturated carbocycles. The van der Waals surface area contributed by atoms with E-state index in [2.05, 4.69) is 32.8 Å². The number of aldehydes is 1. The van der Waals surface area contributed by atoms with Gasteiger partial charge in [-0.05, 0) is 69.6 Å². The molecule has 0 amide bonds. The molecule has 1 fully saturated rings. The number of hydrogen-bond donors (Lipinski definition) is 1. The average molecular weight is 564 g/mol. The van der Waals surface area contributed by atoms with Crippen molar-refractivity contribution < 1.29 is 13.7 Å². The van der Waals surface area contributed by atoms with Crippen LogP contribution in [0.15, 0.2) is 94.1 Å². The summed E-state index contributed by atoms with van der Waals surface area (Å²) in [5.74, 6) is 1.47. The first-order valence-electron chi connectivity index (χ1n) is 13.3. The van der Waals surface area contributed by atoms with E-state index in [-0.39, 0.29) is 12.1 Å². The van der Waals surface area contributed by atoms with Crippen LogP contribution in [-0.2, 0) is 15.6 Å².